The van der Waals surface area contributed by atoms with Crippen molar-refractivity contribution >= 4 is 11.6 Å². The minimum Gasteiger partial charge on any atom is -0.489 e. The lowest BCUT2D eigenvalue weighted by molar-refractivity contribution is -0.0493. The Hall–Kier alpha value is -0.950. The average Bonchev–Trinajstić information content (AvgIpc) is 2.37. The fourth-order valence-electron chi connectivity index (χ4n) is 1.28. The maximum atomic E-state index is 12.7. The van der Waals surface area contributed by atoms with E-state index in [9.17, 15) is 13.9 Å². The van der Waals surface area contributed by atoms with Crippen LogP contribution in [0.1, 0.15) is 0 Å². The van der Waals surface area contributed by atoms with Crippen molar-refractivity contribution in [2.45, 2.75) is 12.0 Å². The molecule has 0 aliphatic rings. The van der Waals surface area contributed by atoms with Crippen molar-refractivity contribution in [3.63, 3.8) is 0 Å². The van der Waals surface area contributed by atoms with Crippen LogP contribution in [0, 0.1) is 0 Å². The molecule has 0 saturated carbocycles. The summed E-state index contributed by atoms with van der Waals surface area (Å²) in [5.41, 5.74) is 0. The second-order valence-corrected chi connectivity index (χ2v) is 4.45. The lowest BCUT2D eigenvalue weighted by Crippen LogP contribution is -2.40. The highest BCUT2D eigenvalue weighted by Crippen LogP contribution is 2.23. The van der Waals surface area contributed by atoms with E-state index < -0.39 is 25.2 Å². The van der Waals surface area contributed by atoms with E-state index in [0.717, 1.165) is 0 Å². The zero-order valence-electron chi connectivity index (χ0n) is 10.2. The molecule has 0 aromatic heterocycles. The number of para-hydroxylation sites is 1. The van der Waals surface area contributed by atoms with E-state index in [-0.39, 0.29) is 13.2 Å². The Labute approximate surface area is 115 Å². The van der Waals surface area contributed by atoms with Crippen molar-refractivity contribution in [1.29, 1.82) is 0 Å². The van der Waals surface area contributed by atoms with Crippen LogP contribution in [0.25, 0.3) is 0 Å². The molecule has 0 aliphatic heterocycles. The Bertz CT molecular complexity index is 393. The van der Waals surface area contributed by atoms with Crippen LogP contribution in [0.5, 0.6) is 5.75 Å². The zero-order chi connectivity index (χ0) is 14.3. The highest BCUT2D eigenvalue weighted by Gasteiger charge is 2.27. The number of benzene rings is 1. The van der Waals surface area contributed by atoms with Gasteiger partial charge in [-0.2, -0.15) is 0 Å². The quantitative estimate of drug-likeness (QED) is 0.676. The minimum atomic E-state index is -3.19. The molecule has 1 unspecified atom stereocenters. The molecule has 4 nitrogen and oxygen atoms in total. The van der Waals surface area contributed by atoms with Crippen LogP contribution in [-0.4, -0.2) is 48.5 Å². The van der Waals surface area contributed by atoms with Crippen LogP contribution in [0.2, 0.25) is 5.02 Å². The number of ether oxygens (including phenoxy) is 1. The fourth-order valence-corrected chi connectivity index (χ4v) is 1.47. The number of hydrogen-bond acceptors (Lipinski definition) is 4. The third-order valence-electron chi connectivity index (χ3n) is 2.26. The molecule has 0 heterocycles. The van der Waals surface area contributed by atoms with Crippen LogP contribution in [0.4, 0.5) is 8.78 Å². The Balaban J connectivity index is 2.25. The molecule has 1 atom stereocenters. The van der Waals surface area contributed by atoms with Gasteiger partial charge >= 0.3 is 0 Å². The Kier molecular flexibility index (Phi) is 6.44. The van der Waals surface area contributed by atoms with Crippen LogP contribution >= 0.6 is 11.6 Å². The first kappa shape index (κ1) is 16.1. The summed E-state index contributed by atoms with van der Waals surface area (Å²) < 4.78 is 30.6. The monoisotopic (exact) mass is 295 g/mol. The molecule has 0 amide bonds. The molecule has 0 bridgehead atoms. The Morgan fingerprint density at radius 1 is 1.37 bits per heavy atom. The van der Waals surface area contributed by atoms with Crippen molar-refractivity contribution < 1.29 is 23.7 Å². The van der Waals surface area contributed by atoms with Gasteiger partial charge in [0, 0.05) is 6.54 Å². The first-order chi connectivity index (χ1) is 8.94. The lowest BCUT2D eigenvalue weighted by Gasteiger charge is -2.17. The van der Waals surface area contributed by atoms with Gasteiger partial charge in [-0.1, -0.05) is 23.7 Å². The second kappa shape index (κ2) is 7.59. The van der Waals surface area contributed by atoms with E-state index in [1.54, 1.807) is 24.3 Å². The van der Waals surface area contributed by atoms with Crippen LogP contribution in [-0.2, 0) is 0 Å². The fraction of sp³-hybridized carbons (Fsp3) is 0.500. The predicted octanol–water partition coefficient (Wildman–Crippen LogP) is 1.30. The summed E-state index contributed by atoms with van der Waals surface area (Å²) in [5.74, 6) is -2.77. The van der Waals surface area contributed by atoms with Gasteiger partial charge in [-0.3, -0.25) is 0 Å². The van der Waals surface area contributed by atoms with E-state index in [0.29, 0.717) is 10.8 Å². The third-order valence-corrected chi connectivity index (χ3v) is 2.58. The summed E-state index contributed by atoms with van der Waals surface area (Å²) in [6.07, 6.45) is -0.953. The third kappa shape index (κ3) is 6.15. The Morgan fingerprint density at radius 2 is 2.05 bits per heavy atom. The number of aliphatic hydroxyl groups is 2. The highest BCUT2D eigenvalue weighted by atomic mass is 35.5. The number of alkyl halides is 2. The summed E-state index contributed by atoms with van der Waals surface area (Å²) in [5, 5.41) is 20.6. The molecule has 0 aliphatic carbocycles. The van der Waals surface area contributed by atoms with Crippen molar-refractivity contribution in [3.8, 4) is 5.75 Å². The number of halogens is 3. The van der Waals surface area contributed by atoms with Gasteiger partial charge in [0.25, 0.3) is 5.92 Å². The molecule has 1 rings (SSSR count). The maximum Gasteiger partial charge on any atom is 0.282 e. The van der Waals surface area contributed by atoms with Crippen molar-refractivity contribution in [2.24, 2.45) is 0 Å². The predicted molar refractivity (Wildman–Crippen MR) is 67.9 cm³/mol. The van der Waals surface area contributed by atoms with Gasteiger partial charge in [0.2, 0.25) is 0 Å². The molecule has 1 aromatic carbocycles. The van der Waals surface area contributed by atoms with E-state index in [1.165, 1.54) is 0 Å². The second-order valence-electron chi connectivity index (χ2n) is 4.04. The first-order valence-electron chi connectivity index (χ1n) is 5.69. The first-order valence-corrected chi connectivity index (χ1v) is 6.07. The van der Waals surface area contributed by atoms with E-state index in [1.807, 2.05) is 0 Å². The number of nitrogens with one attached hydrogen (secondary N) is 1. The zero-order valence-corrected chi connectivity index (χ0v) is 10.9. The van der Waals surface area contributed by atoms with Gasteiger partial charge in [0.05, 0.1) is 11.6 Å². The summed E-state index contributed by atoms with van der Waals surface area (Å²) in [6, 6.07) is 6.75. The molecule has 19 heavy (non-hydrogen) atoms. The normalized spacial score (nSPS) is 13.3. The Morgan fingerprint density at radius 3 is 2.68 bits per heavy atom. The number of rotatable bonds is 8. The maximum absolute atomic E-state index is 12.7. The van der Waals surface area contributed by atoms with Gasteiger partial charge in [0.1, 0.15) is 25.1 Å². The van der Waals surface area contributed by atoms with Gasteiger partial charge in [-0.05, 0) is 12.1 Å². The molecule has 0 fully saturated rings. The molecule has 3 N–H and O–H groups in total. The highest BCUT2D eigenvalue weighted by molar-refractivity contribution is 6.32. The summed E-state index contributed by atoms with van der Waals surface area (Å²) >= 11 is 5.84. The van der Waals surface area contributed by atoms with E-state index >= 15 is 0 Å². The number of hydrogen-bond donors (Lipinski definition) is 3. The van der Waals surface area contributed by atoms with Crippen LogP contribution in [0.3, 0.4) is 0 Å². The average molecular weight is 296 g/mol. The molecule has 0 radical (unpaired) electrons. The van der Waals surface area contributed by atoms with Gasteiger partial charge in [0.15, 0.2) is 0 Å². The summed E-state index contributed by atoms with van der Waals surface area (Å²) in [4.78, 5) is 0. The SMILES string of the molecule is OCC(F)(F)CNCC(O)COc1ccccc1Cl. The van der Waals surface area contributed by atoms with Crippen LogP contribution in [0.15, 0.2) is 24.3 Å². The molecular weight excluding hydrogens is 280 g/mol. The molecule has 0 saturated heterocycles. The van der Waals surface area contributed by atoms with Gasteiger partial charge in [-0.15, -0.1) is 0 Å². The van der Waals surface area contributed by atoms with Gasteiger partial charge in [-0.25, -0.2) is 8.78 Å². The van der Waals surface area contributed by atoms with Crippen molar-refractivity contribution in [2.75, 3.05) is 26.3 Å². The number of aliphatic hydroxyl groups excluding tert-OH is 2. The van der Waals surface area contributed by atoms with Crippen molar-refractivity contribution in [3.05, 3.63) is 29.3 Å². The van der Waals surface area contributed by atoms with Gasteiger partial charge < -0.3 is 20.3 Å². The summed E-state index contributed by atoms with van der Waals surface area (Å²) in [6.45, 7) is -2.07. The minimum absolute atomic E-state index is 0.0680. The smallest absolute Gasteiger partial charge is 0.282 e. The molecule has 0 spiro atoms. The summed E-state index contributed by atoms with van der Waals surface area (Å²) in [7, 11) is 0. The van der Waals surface area contributed by atoms with Crippen LogP contribution < -0.4 is 10.1 Å². The standard InChI is InChI=1S/C12H16ClF2NO3/c13-10-3-1-2-4-11(10)19-6-9(18)5-16-7-12(14,15)8-17/h1-4,9,16-18H,5-8H2. The molecular formula is C12H16ClF2NO3. The topological polar surface area (TPSA) is 61.7 Å². The lowest BCUT2D eigenvalue weighted by atomic mass is 10.3. The van der Waals surface area contributed by atoms with E-state index in [4.69, 9.17) is 21.4 Å². The molecule has 7 heteroatoms. The molecule has 108 valence electrons. The van der Waals surface area contributed by atoms with Crippen molar-refractivity contribution in [1.82, 2.24) is 5.32 Å². The largest absolute Gasteiger partial charge is 0.489 e. The van der Waals surface area contributed by atoms with E-state index in [2.05, 4.69) is 5.32 Å². The molecule has 1 aromatic rings.